The average Bonchev–Trinajstić information content (AvgIpc) is 2.70. The highest BCUT2D eigenvalue weighted by atomic mass is 16.3. The number of hydrogen-bond acceptors (Lipinski definition) is 2. The first-order valence-electron chi connectivity index (χ1n) is 7.30. The fraction of sp³-hybridized carbons (Fsp3) is 0.278. The molecular formula is C18H20N2O2. The Morgan fingerprint density at radius 2 is 1.64 bits per heavy atom. The maximum Gasteiger partial charge on any atom is 0.328 e. The summed E-state index contributed by atoms with van der Waals surface area (Å²) in [5.41, 5.74) is 5.44. The number of aryl methyl sites for hydroxylation is 4. The van der Waals surface area contributed by atoms with Crippen molar-refractivity contribution in [3.05, 3.63) is 69.1 Å². The third kappa shape index (κ3) is 2.16. The molecule has 0 saturated heterocycles. The molecule has 0 bridgehead atoms. The lowest BCUT2D eigenvalue weighted by molar-refractivity contribution is 0.219. The Labute approximate surface area is 129 Å². The molecule has 2 aromatic carbocycles. The fourth-order valence-electron chi connectivity index (χ4n) is 2.98. The molecular weight excluding hydrogens is 276 g/mol. The summed E-state index contributed by atoms with van der Waals surface area (Å²) >= 11 is 0. The molecule has 0 saturated carbocycles. The Morgan fingerprint density at radius 1 is 1.00 bits per heavy atom. The van der Waals surface area contributed by atoms with E-state index >= 15 is 0 Å². The van der Waals surface area contributed by atoms with E-state index in [9.17, 15) is 9.90 Å². The van der Waals surface area contributed by atoms with E-state index in [4.69, 9.17) is 0 Å². The molecule has 4 heteroatoms. The van der Waals surface area contributed by atoms with Crippen molar-refractivity contribution in [2.24, 2.45) is 14.1 Å². The maximum atomic E-state index is 12.1. The predicted octanol–water partition coefficient (Wildman–Crippen LogP) is 2.58. The summed E-state index contributed by atoms with van der Waals surface area (Å²) in [6, 6.07) is 11.7. The number of aromatic nitrogens is 2. The molecule has 114 valence electrons. The first kappa shape index (κ1) is 14.6. The summed E-state index contributed by atoms with van der Waals surface area (Å²) in [6.07, 6.45) is -0.695. The monoisotopic (exact) mass is 296 g/mol. The molecule has 4 nitrogen and oxygen atoms in total. The van der Waals surface area contributed by atoms with Crippen LogP contribution in [0.1, 0.15) is 28.4 Å². The highest BCUT2D eigenvalue weighted by Crippen LogP contribution is 2.28. The summed E-state index contributed by atoms with van der Waals surface area (Å²) in [5, 5.41) is 10.7. The molecule has 1 atom stereocenters. The molecule has 0 radical (unpaired) electrons. The van der Waals surface area contributed by atoms with Crippen LogP contribution in [0.25, 0.3) is 11.0 Å². The van der Waals surface area contributed by atoms with Gasteiger partial charge in [0.15, 0.2) is 0 Å². The van der Waals surface area contributed by atoms with E-state index in [0.717, 1.165) is 33.3 Å². The second-order valence-corrected chi connectivity index (χ2v) is 5.91. The van der Waals surface area contributed by atoms with Crippen molar-refractivity contribution >= 4 is 11.0 Å². The Balaban J connectivity index is 2.21. The second-order valence-electron chi connectivity index (χ2n) is 5.91. The smallest absolute Gasteiger partial charge is 0.328 e. The van der Waals surface area contributed by atoms with Gasteiger partial charge in [-0.05, 0) is 42.7 Å². The van der Waals surface area contributed by atoms with Crippen molar-refractivity contribution in [3.63, 3.8) is 0 Å². The summed E-state index contributed by atoms with van der Waals surface area (Å²) < 4.78 is 3.24. The highest BCUT2D eigenvalue weighted by molar-refractivity contribution is 5.78. The van der Waals surface area contributed by atoms with Gasteiger partial charge in [-0.15, -0.1) is 0 Å². The molecule has 0 fully saturated rings. The van der Waals surface area contributed by atoms with Gasteiger partial charge in [0, 0.05) is 14.1 Å². The van der Waals surface area contributed by atoms with Crippen molar-refractivity contribution in [2.45, 2.75) is 20.0 Å². The lowest BCUT2D eigenvalue weighted by atomic mass is 9.96. The zero-order valence-corrected chi connectivity index (χ0v) is 13.3. The maximum absolute atomic E-state index is 12.1. The topological polar surface area (TPSA) is 47.2 Å². The van der Waals surface area contributed by atoms with E-state index in [0.29, 0.717) is 0 Å². The van der Waals surface area contributed by atoms with Gasteiger partial charge in [-0.2, -0.15) is 0 Å². The summed E-state index contributed by atoms with van der Waals surface area (Å²) in [7, 11) is 3.52. The lowest BCUT2D eigenvalue weighted by Gasteiger charge is -2.15. The zero-order chi connectivity index (χ0) is 16.0. The number of benzene rings is 2. The molecule has 1 unspecified atom stereocenters. The molecule has 0 spiro atoms. The van der Waals surface area contributed by atoms with Crippen molar-refractivity contribution in [1.82, 2.24) is 9.13 Å². The standard InChI is InChI=1S/C18H20N2O2/c1-11-6-5-7-13(8-11)17(21)14-10-16-15(9-12(14)2)19(3)18(22)20(16)4/h5-10,17,21H,1-4H3. The summed E-state index contributed by atoms with van der Waals surface area (Å²) in [6.45, 7) is 3.97. The van der Waals surface area contributed by atoms with Crippen LogP contribution in [0.5, 0.6) is 0 Å². The van der Waals surface area contributed by atoms with Gasteiger partial charge in [-0.1, -0.05) is 29.8 Å². The molecule has 1 heterocycles. The van der Waals surface area contributed by atoms with Gasteiger partial charge < -0.3 is 5.11 Å². The van der Waals surface area contributed by atoms with Gasteiger partial charge in [0.25, 0.3) is 0 Å². The largest absolute Gasteiger partial charge is 0.384 e. The lowest BCUT2D eigenvalue weighted by Crippen LogP contribution is -2.19. The molecule has 3 rings (SSSR count). The minimum absolute atomic E-state index is 0.0587. The molecule has 1 aromatic heterocycles. The first-order valence-corrected chi connectivity index (χ1v) is 7.30. The van der Waals surface area contributed by atoms with Crippen LogP contribution in [-0.2, 0) is 14.1 Å². The van der Waals surface area contributed by atoms with Crippen LogP contribution < -0.4 is 5.69 Å². The van der Waals surface area contributed by atoms with Gasteiger partial charge in [0.2, 0.25) is 0 Å². The van der Waals surface area contributed by atoms with Crippen LogP contribution in [-0.4, -0.2) is 14.2 Å². The van der Waals surface area contributed by atoms with Gasteiger partial charge in [-0.3, -0.25) is 9.13 Å². The Kier molecular flexibility index (Phi) is 3.41. The molecule has 0 aliphatic rings. The molecule has 0 aliphatic heterocycles. The minimum Gasteiger partial charge on any atom is -0.384 e. The van der Waals surface area contributed by atoms with Gasteiger partial charge in [-0.25, -0.2) is 4.79 Å². The minimum atomic E-state index is -0.695. The molecule has 3 aromatic rings. The molecule has 22 heavy (non-hydrogen) atoms. The first-order chi connectivity index (χ1) is 10.4. The van der Waals surface area contributed by atoms with E-state index in [1.165, 1.54) is 0 Å². The third-order valence-corrected chi connectivity index (χ3v) is 4.31. The van der Waals surface area contributed by atoms with Gasteiger partial charge >= 0.3 is 5.69 Å². The van der Waals surface area contributed by atoms with E-state index in [2.05, 4.69) is 0 Å². The molecule has 0 aliphatic carbocycles. The third-order valence-electron chi connectivity index (χ3n) is 4.31. The van der Waals surface area contributed by atoms with E-state index in [1.807, 2.05) is 50.2 Å². The van der Waals surface area contributed by atoms with Crippen molar-refractivity contribution in [2.75, 3.05) is 0 Å². The van der Waals surface area contributed by atoms with E-state index in [1.54, 1.807) is 23.2 Å². The number of nitrogens with zero attached hydrogens (tertiary/aromatic N) is 2. The highest BCUT2D eigenvalue weighted by Gasteiger charge is 2.17. The predicted molar refractivity (Wildman–Crippen MR) is 88.1 cm³/mol. The Morgan fingerprint density at radius 3 is 2.27 bits per heavy atom. The Bertz CT molecular complexity index is 919. The average molecular weight is 296 g/mol. The number of fused-ring (bicyclic) bond motifs is 1. The normalized spacial score (nSPS) is 12.8. The van der Waals surface area contributed by atoms with E-state index < -0.39 is 6.10 Å². The van der Waals surface area contributed by atoms with Crippen molar-refractivity contribution in [3.8, 4) is 0 Å². The van der Waals surface area contributed by atoms with E-state index in [-0.39, 0.29) is 5.69 Å². The van der Waals surface area contributed by atoms with Crippen molar-refractivity contribution in [1.29, 1.82) is 0 Å². The number of imidazole rings is 1. The fourth-order valence-corrected chi connectivity index (χ4v) is 2.98. The zero-order valence-electron chi connectivity index (χ0n) is 13.3. The summed E-state index contributed by atoms with van der Waals surface area (Å²) in [5.74, 6) is 0. The van der Waals surface area contributed by atoms with Crippen LogP contribution >= 0.6 is 0 Å². The van der Waals surface area contributed by atoms with Crippen LogP contribution in [0, 0.1) is 13.8 Å². The number of aliphatic hydroxyl groups excluding tert-OH is 1. The van der Waals surface area contributed by atoms with Crippen LogP contribution in [0.15, 0.2) is 41.2 Å². The van der Waals surface area contributed by atoms with Gasteiger partial charge in [0.05, 0.1) is 11.0 Å². The van der Waals surface area contributed by atoms with Crippen LogP contribution in [0.3, 0.4) is 0 Å². The van der Waals surface area contributed by atoms with Gasteiger partial charge in [0.1, 0.15) is 6.10 Å². The molecule has 1 N–H and O–H groups in total. The number of hydrogen-bond donors (Lipinski definition) is 1. The molecule has 0 amide bonds. The SMILES string of the molecule is Cc1cccc(C(O)c2cc3c(cc2C)n(C)c(=O)n3C)c1. The Hall–Kier alpha value is -2.33. The van der Waals surface area contributed by atoms with Crippen LogP contribution in [0.2, 0.25) is 0 Å². The number of aliphatic hydroxyl groups is 1. The quantitative estimate of drug-likeness (QED) is 0.790. The summed E-state index contributed by atoms with van der Waals surface area (Å²) in [4.78, 5) is 12.1. The second kappa shape index (κ2) is 5.14. The van der Waals surface area contributed by atoms with Crippen LogP contribution in [0.4, 0.5) is 0 Å². The van der Waals surface area contributed by atoms with Crippen molar-refractivity contribution < 1.29 is 5.11 Å². The number of rotatable bonds is 2.